The molecule has 0 radical (unpaired) electrons. The lowest BCUT2D eigenvalue weighted by Crippen LogP contribution is -1.93. The monoisotopic (exact) mass is 240 g/mol. The van der Waals surface area contributed by atoms with Crippen LogP contribution in [0.1, 0.15) is 22.6 Å². The van der Waals surface area contributed by atoms with Gasteiger partial charge < -0.3 is 0 Å². The van der Waals surface area contributed by atoms with Crippen molar-refractivity contribution in [2.24, 2.45) is 0 Å². The van der Waals surface area contributed by atoms with E-state index in [9.17, 15) is 0 Å². The molecule has 2 aliphatic carbocycles. The average Bonchev–Trinajstić information content (AvgIpc) is 2.99. The maximum absolute atomic E-state index is 2.28. The number of hydrogen-bond donors (Lipinski definition) is 0. The molecular weight excluding hydrogens is 228 g/mol. The minimum Gasteiger partial charge on any atom is -0.0619 e. The molecule has 0 bridgehead atoms. The summed E-state index contributed by atoms with van der Waals surface area (Å²) in [5.74, 6) is 0.457. The third kappa shape index (κ3) is 1.01. The second-order valence-electron chi connectivity index (χ2n) is 5.37. The summed E-state index contributed by atoms with van der Waals surface area (Å²) in [5, 5.41) is 0. The van der Waals surface area contributed by atoms with Crippen LogP contribution in [0.4, 0.5) is 0 Å². The molecule has 0 heteroatoms. The van der Waals surface area contributed by atoms with E-state index in [0.717, 1.165) is 0 Å². The maximum Gasteiger partial charge on any atom is 0.0364 e. The first-order valence-corrected chi connectivity index (χ1v) is 6.76. The Kier molecular flexibility index (Phi) is 1.59. The van der Waals surface area contributed by atoms with Gasteiger partial charge in [-0.2, -0.15) is 0 Å². The van der Waals surface area contributed by atoms with Gasteiger partial charge in [-0.05, 0) is 38.9 Å². The van der Waals surface area contributed by atoms with Crippen molar-refractivity contribution in [2.75, 3.05) is 0 Å². The zero-order chi connectivity index (χ0) is 12.4. The summed E-state index contributed by atoms with van der Waals surface area (Å²) < 4.78 is 0. The lowest BCUT2D eigenvalue weighted by atomic mass is 9.93. The third-order valence-electron chi connectivity index (χ3n) is 4.52. The first-order chi connectivity index (χ1) is 9.45. The Bertz CT molecular complexity index is 761. The molecule has 88 valence electrons. The summed E-state index contributed by atoms with van der Waals surface area (Å²) in [5.41, 5.74) is 10.1. The maximum atomic E-state index is 2.28. The number of fused-ring (bicyclic) bond motifs is 6. The molecule has 0 unspecified atom stereocenters. The topological polar surface area (TPSA) is 0 Å². The molecule has 0 nitrogen and oxygen atoms in total. The Hall–Kier alpha value is -2.34. The highest BCUT2D eigenvalue weighted by Gasteiger charge is 2.37. The van der Waals surface area contributed by atoms with Gasteiger partial charge in [-0.25, -0.2) is 0 Å². The molecule has 0 saturated carbocycles. The molecule has 5 rings (SSSR count). The van der Waals surface area contributed by atoms with Crippen LogP contribution >= 0.6 is 0 Å². The largest absolute Gasteiger partial charge is 0.0619 e. The van der Waals surface area contributed by atoms with E-state index < -0.39 is 0 Å². The first kappa shape index (κ1) is 9.57. The number of benzene rings is 3. The fourth-order valence-electron chi connectivity index (χ4n) is 3.81. The van der Waals surface area contributed by atoms with Gasteiger partial charge in [0.2, 0.25) is 0 Å². The molecule has 0 amide bonds. The summed E-state index contributed by atoms with van der Waals surface area (Å²) in [6, 6.07) is 24.4. The van der Waals surface area contributed by atoms with Crippen molar-refractivity contribution in [3.63, 3.8) is 0 Å². The normalized spacial score (nSPS) is 14.1. The highest BCUT2D eigenvalue weighted by Crippen LogP contribution is 2.57. The standard InChI is InChI=1S/C19H12/c1-3-8-14-12(6-1)16-10-5-11-17-13-7-2-4-9-15(13)18(14)19(16)17/h1-11,18H. The Morgan fingerprint density at radius 1 is 0.474 bits per heavy atom. The average molecular weight is 240 g/mol. The molecule has 0 heterocycles. The summed E-state index contributed by atoms with van der Waals surface area (Å²) in [6.07, 6.45) is 0. The molecule has 0 spiro atoms. The molecule has 0 N–H and O–H groups in total. The van der Waals surface area contributed by atoms with Crippen molar-refractivity contribution in [1.82, 2.24) is 0 Å². The molecule has 0 aromatic heterocycles. The van der Waals surface area contributed by atoms with Gasteiger partial charge >= 0.3 is 0 Å². The fraction of sp³-hybridized carbons (Fsp3) is 0.0526. The van der Waals surface area contributed by atoms with E-state index in [1.807, 2.05) is 0 Å². The molecule has 2 aliphatic rings. The Morgan fingerprint density at radius 2 is 0.947 bits per heavy atom. The van der Waals surface area contributed by atoms with Crippen molar-refractivity contribution in [3.05, 3.63) is 83.4 Å². The summed E-state index contributed by atoms with van der Waals surface area (Å²) >= 11 is 0. The van der Waals surface area contributed by atoms with Crippen LogP contribution in [0.2, 0.25) is 0 Å². The predicted molar refractivity (Wildman–Crippen MR) is 78.3 cm³/mol. The van der Waals surface area contributed by atoms with E-state index in [-0.39, 0.29) is 0 Å². The van der Waals surface area contributed by atoms with Gasteiger partial charge in [0.05, 0.1) is 0 Å². The SMILES string of the molecule is c1ccc2c(c1)-c1cccc3c1C2c1ccccc1-3. The van der Waals surface area contributed by atoms with Crippen LogP contribution in [-0.2, 0) is 0 Å². The van der Waals surface area contributed by atoms with Crippen molar-refractivity contribution < 1.29 is 0 Å². The van der Waals surface area contributed by atoms with Crippen LogP contribution in [0.15, 0.2) is 66.7 Å². The first-order valence-electron chi connectivity index (χ1n) is 6.76. The van der Waals surface area contributed by atoms with E-state index >= 15 is 0 Å². The van der Waals surface area contributed by atoms with Gasteiger partial charge in [0.15, 0.2) is 0 Å². The Balaban J connectivity index is 1.99. The molecule has 0 aliphatic heterocycles. The van der Waals surface area contributed by atoms with Gasteiger partial charge in [-0.15, -0.1) is 0 Å². The second-order valence-corrected chi connectivity index (χ2v) is 5.37. The molecule has 19 heavy (non-hydrogen) atoms. The van der Waals surface area contributed by atoms with Gasteiger partial charge in [0.1, 0.15) is 0 Å². The molecule has 0 atom stereocenters. The van der Waals surface area contributed by atoms with Crippen LogP contribution in [0, 0.1) is 0 Å². The van der Waals surface area contributed by atoms with Crippen LogP contribution in [0.3, 0.4) is 0 Å². The van der Waals surface area contributed by atoms with Crippen molar-refractivity contribution in [3.8, 4) is 22.3 Å². The van der Waals surface area contributed by atoms with Crippen LogP contribution in [0.5, 0.6) is 0 Å². The summed E-state index contributed by atoms with van der Waals surface area (Å²) in [7, 11) is 0. The number of rotatable bonds is 0. The lowest BCUT2D eigenvalue weighted by molar-refractivity contribution is 1.05. The second kappa shape index (κ2) is 3.16. The third-order valence-corrected chi connectivity index (χ3v) is 4.52. The molecule has 0 fully saturated rings. The van der Waals surface area contributed by atoms with Gasteiger partial charge in [0.25, 0.3) is 0 Å². The van der Waals surface area contributed by atoms with E-state index in [2.05, 4.69) is 66.7 Å². The van der Waals surface area contributed by atoms with Crippen LogP contribution < -0.4 is 0 Å². The van der Waals surface area contributed by atoms with Crippen LogP contribution in [0.25, 0.3) is 22.3 Å². The summed E-state index contributed by atoms with van der Waals surface area (Å²) in [4.78, 5) is 0. The minimum atomic E-state index is 0.457. The Labute approximate surface area is 112 Å². The minimum absolute atomic E-state index is 0.457. The zero-order valence-electron chi connectivity index (χ0n) is 10.4. The Morgan fingerprint density at radius 3 is 1.53 bits per heavy atom. The van der Waals surface area contributed by atoms with Crippen LogP contribution in [-0.4, -0.2) is 0 Å². The van der Waals surface area contributed by atoms with E-state index in [1.54, 1.807) is 0 Å². The number of hydrogen-bond acceptors (Lipinski definition) is 0. The van der Waals surface area contributed by atoms with Gasteiger partial charge in [-0.1, -0.05) is 66.7 Å². The lowest BCUT2D eigenvalue weighted by Gasteiger charge is -2.09. The van der Waals surface area contributed by atoms with Crippen molar-refractivity contribution in [1.29, 1.82) is 0 Å². The highest BCUT2D eigenvalue weighted by molar-refractivity contribution is 5.93. The highest BCUT2D eigenvalue weighted by atomic mass is 14.4. The van der Waals surface area contributed by atoms with E-state index in [1.165, 1.54) is 38.9 Å². The fourth-order valence-corrected chi connectivity index (χ4v) is 3.81. The van der Waals surface area contributed by atoms with E-state index in [0.29, 0.717) is 5.92 Å². The van der Waals surface area contributed by atoms with Crippen molar-refractivity contribution >= 4 is 0 Å². The smallest absolute Gasteiger partial charge is 0.0364 e. The van der Waals surface area contributed by atoms with Gasteiger partial charge in [-0.3, -0.25) is 0 Å². The quantitative estimate of drug-likeness (QED) is 0.364. The molecule has 3 aromatic rings. The zero-order valence-corrected chi connectivity index (χ0v) is 10.4. The van der Waals surface area contributed by atoms with Gasteiger partial charge in [0, 0.05) is 5.92 Å². The summed E-state index contributed by atoms with van der Waals surface area (Å²) in [6.45, 7) is 0. The molecule has 3 aromatic carbocycles. The molecular formula is C19H12. The molecule has 0 saturated heterocycles. The predicted octanol–water partition coefficient (Wildman–Crippen LogP) is 4.83. The van der Waals surface area contributed by atoms with E-state index in [4.69, 9.17) is 0 Å². The van der Waals surface area contributed by atoms with Crippen molar-refractivity contribution in [2.45, 2.75) is 5.92 Å².